The van der Waals surface area contributed by atoms with Crippen LogP contribution in [0.1, 0.15) is 10.4 Å². The van der Waals surface area contributed by atoms with E-state index in [1.165, 1.54) is 0 Å². The zero-order valence-corrected chi connectivity index (χ0v) is 12.4. The maximum Gasteiger partial charge on any atom is 0.258 e. The largest absolute Gasteiger partial charge is 0.496 e. The Hall–Kier alpha value is -1.11. The fourth-order valence-corrected chi connectivity index (χ4v) is 2.48. The number of rotatable bonds is 3. The van der Waals surface area contributed by atoms with Crippen LogP contribution in [0, 0.1) is 0 Å². The molecule has 1 aromatic rings. The second-order valence-electron chi connectivity index (χ2n) is 4.31. The minimum absolute atomic E-state index is 0.0723. The molecule has 1 saturated heterocycles. The van der Waals surface area contributed by atoms with Crippen LogP contribution in [-0.4, -0.2) is 50.3 Å². The third-order valence-electron chi connectivity index (χ3n) is 3.15. The molecule has 19 heavy (non-hydrogen) atoms. The van der Waals surface area contributed by atoms with Crippen LogP contribution >= 0.6 is 15.9 Å². The van der Waals surface area contributed by atoms with E-state index in [-0.39, 0.29) is 11.9 Å². The highest BCUT2D eigenvalue weighted by molar-refractivity contribution is 9.10. The van der Waals surface area contributed by atoms with Crippen molar-refractivity contribution in [3.8, 4) is 5.75 Å². The average Bonchev–Trinajstić information content (AvgIpc) is 2.46. The summed E-state index contributed by atoms with van der Waals surface area (Å²) in [5.74, 6) is 0.493. The summed E-state index contributed by atoms with van der Waals surface area (Å²) in [4.78, 5) is 14.4. The predicted molar refractivity (Wildman–Crippen MR) is 75.4 cm³/mol. The Balaban J connectivity index is 2.29. The molecule has 1 fully saturated rings. The summed E-state index contributed by atoms with van der Waals surface area (Å²) in [6.45, 7) is 1.97. The molecule has 0 aromatic heterocycles. The number of carbonyl (C=O) groups excluding carboxylic acids is 1. The summed E-state index contributed by atoms with van der Waals surface area (Å²) in [6, 6.07) is 5.30. The molecular weight excluding hydrogens is 312 g/mol. The number of morpholine rings is 1. The van der Waals surface area contributed by atoms with Gasteiger partial charge in [-0.3, -0.25) is 4.79 Å². The molecule has 1 aliphatic rings. The van der Waals surface area contributed by atoms with Gasteiger partial charge in [-0.2, -0.15) is 0 Å². The van der Waals surface area contributed by atoms with Crippen molar-refractivity contribution < 1.29 is 14.3 Å². The van der Waals surface area contributed by atoms with E-state index in [9.17, 15) is 4.79 Å². The van der Waals surface area contributed by atoms with Crippen molar-refractivity contribution >= 4 is 21.8 Å². The van der Waals surface area contributed by atoms with Crippen LogP contribution in [0.4, 0.5) is 0 Å². The van der Waals surface area contributed by atoms with Gasteiger partial charge in [0.05, 0.1) is 31.9 Å². The maximum atomic E-state index is 12.6. The quantitative estimate of drug-likeness (QED) is 0.907. The van der Waals surface area contributed by atoms with E-state index in [4.69, 9.17) is 15.2 Å². The number of ether oxygens (including phenoxy) is 2. The van der Waals surface area contributed by atoms with E-state index >= 15 is 0 Å². The van der Waals surface area contributed by atoms with E-state index in [0.29, 0.717) is 37.6 Å². The summed E-state index contributed by atoms with van der Waals surface area (Å²) in [5.41, 5.74) is 6.23. The lowest BCUT2D eigenvalue weighted by molar-refractivity contribution is 0.000686. The van der Waals surface area contributed by atoms with Crippen LogP contribution in [0.2, 0.25) is 0 Å². The van der Waals surface area contributed by atoms with Gasteiger partial charge in [0.15, 0.2) is 0 Å². The number of hydrogen-bond donors (Lipinski definition) is 1. The Morgan fingerprint density at radius 1 is 1.63 bits per heavy atom. The Morgan fingerprint density at radius 3 is 3.11 bits per heavy atom. The second-order valence-corrected chi connectivity index (χ2v) is 5.22. The Kier molecular flexibility index (Phi) is 4.79. The van der Waals surface area contributed by atoms with Crippen LogP contribution in [0.25, 0.3) is 0 Å². The third kappa shape index (κ3) is 3.08. The fourth-order valence-electron chi connectivity index (χ4n) is 2.12. The molecule has 1 unspecified atom stereocenters. The summed E-state index contributed by atoms with van der Waals surface area (Å²) < 4.78 is 11.4. The number of methoxy groups -OCH3 is 1. The average molecular weight is 329 g/mol. The summed E-state index contributed by atoms with van der Waals surface area (Å²) in [7, 11) is 1.56. The van der Waals surface area contributed by atoms with Gasteiger partial charge < -0.3 is 20.1 Å². The molecule has 1 atom stereocenters. The molecule has 1 heterocycles. The molecule has 1 amide bonds. The first-order valence-corrected chi connectivity index (χ1v) is 6.89. The van der Waals surface area contributed by atoms with Gasteiger partial charge in [0.25, 0.3) is 5.91 Å². The van der Waals surface area contributed by atoms with E-state index in [1.807, 2.05) is 6.07 Å². The normalized spacial score (nSPS) is 19.3. The lowest BCUT2D eigenvalue weighted by atomic mass is 10.1. The molecule has 0 spiro atoms. The highest BCUT2D eigenvalue weighted by atomic mass is 79.9. The number of hydrogen-bond acceptors (Lipinski definition) is 4. The standard InChI is InChI=1S/C13H17BrN2O3/c1-18-12-3-2-9(14)6-11(12)13(17)16-4-5-19-8-10(16)7-15/h2-3,6,10H,4-5,7-8,15H2,1H3. The fraction of sp³-hybridized carbons (Fsp3) is 0.462. The topological polar surface area (TPSA) is 64.8 Å². The van der Waals surface area contributed by atoms with Crippen LogP contribution in [0.3, 0.4) is 0 Å². The molecule has 5 nitrogen and oxygen atoms in total. The van der Waals surface area contributed by atoms with Gasteiger partial charge in [0, 0.05) is 17.6 Å². The van der Waals surface area contributed by atoms with Crippen LogP contribution in [0.5, 0.6) is 5.75 Å². The first-order chi connectivity index (χ1) is 9.17. The highest BCUT2D eigenvalue weighted by Gasteiger charge is 2.28. The maximum absolute atomic E-state index is 12.6. The monoisotopic (exact) mass is 328 g/mol. The Morgan fingerprint density at radius 2 is 2.42 bits per heavy atom. The van der Waals surface area contributed by atoms with Crippen LogP contribution in [0.15, 0.2) is 22.7 Å². The molecule has 6 heteroatoms. The molecule has 0 aliphatic carbocycles. The highest BCUT2D eigenvalue weighted by Crippen LogP contribution is 2.25. The first kappa shape index (κ1) is 14.3. The van der Waals surface area contributed by atoms with Gasteiger partial charge in [-0.1, -0.05) is 15.9 Å². The molecule has 1 aromatic carbocycles. The van der Waals surface area contributed by atoms with Gasteiger partial charge >= 0.3 is 0 Å². The van der Waals surface area contributed by atoms with E-state index < -0.39 is 0 Å². The smallest absolute Gasteiger partial charge is 0.258 e. The molecule has 0 saturated carbocycles. The second kappa shape index (κ2) is 6.36. The number of halogens is 1. The van der Waals surface area contributed by atoms with Crippen molar-refractivity contribution in [2.75, 3.05) is 33.4 Å². The number of nitrogens with two attached hydrogens (primary N) is 1. The van der Waals surface area contributed by atoms with Gasteiger partial charge in [0.2, 0.25) is 0 Å². The summed E-state index contributed by atoms with van der Waals surface area (Å²) in [5, 5.41) is 0. The Bertz CT molecular complexity index is 467. The first-order valence-electron chi connectivity index (χ1n) is 6.09. The minimum Gasteiger partial charge on any atom is -0.496 e. The van der Waals surface area contributed by atoms with Crippen molar-refractivity contribution in [3.63, 3.8) is 0 Å². The SMILES string of the molecule is COc1ccc(Br)cc1C(=O)N1CCOCC1CN. The van der Waals surface area contributed by atoms with Crippen molar-refractivity contribution in [2.45, 2.75) is 6.04 Å². The zero-order valence-electron chi connectivity index (χ0n) is 10.8. The van der Waals surface area contributed by atoms with E-state index in [0.717, 1.165) is 4.47 Å². The molecular formula is C13H17BrN2O3. The number of carbonyl (C=O) groups is 1. The molecule has 2 N–H and O–H groups in total. The molecule has 1 aliphatic heterocycles. The lowest BCUT2D eigenvalue weighted by Crippen LogP contribution is -2.52. The predicted octanol–water partition coefficient (Wildman–Crippen LogP) is 1.26. The van der Waals surface area contributed by atoms with E-state index in [2.05, 4.69) is 15.9 Å². The van der Waals surface area contributed by atoms with Gasteiger partial charge in [0.1, 0.15) is 5.75 Å². The minimum atomic E-state index is -0.0788. The van der Waals surface area contributed by atoms with Gasteiger partial charge in [-0.05, 0) is 18.2 Å². The number of benzene rings is 1. The Labute approximate surface area is 120 Å². The molecule has 0 radical (unpaired) electrons. The zero-order chi connectivity index (χ0) is 13.8. The van der Waals surface area contributed by atoms with Crippen molar-refractivity contribution in [1.29, 1.82) is 0 Å². The van der Waals surface area contributed by atoms with Crippen molar-refractivity contribution in [3.05, 3.63) is 28.2 Å². The molecule has 2 rings (SSSR count). The van der Waals surface area contributed by atoms with Gasteiger partial charge in [-0.25, -0.2) is 0 Å². The number of nitrogens with zero attached hydrogens (tertiary/aromatic N) is 1. The molecule has 104 valence electrons. The summed E-state index contributed by atoms with van der Waals surface area (Å²) >= 11 is 3.37. The van der Waals surface area contributed by atoms with Crippen LogP contribution in [-0.2, 0) is 4.74 Å². The van der Waals surface area contributed by atoms with Crippen molar-refractivity contribution in [2.24, 2.45) is 5.73 Å². The lowest BCUT2D eigenvalue weighted by Gasteiger charge is -2.35. The third-order valence-corrected chi connectivity index (χ3v) is 3.65. The van der Waals surface area contributed by atoms with Crippen molar-refractivity contribution in [1.82, 2.24) is 4.90 Å². The van der Waals surface area contributed by atoms with Crippen LogP contribution < -0.4 is 10.5 Å². The summed E-state index contributed by atoms with van der Waals surface area (Å²) in [6.07, 6.45) is 0. The number of amides is 1. The molecule has 0 bridgehead atoms. The van der Waals surface area contributed by atoms with Gasteiger partial charge in [-0.15, -0.1) is 0 Å². The van der Waals surface area contributed by atoms with E-state index in [1.54, 1.807) is 24.1 Å².